The Morgan fingerprint density at radius 1 is 1.10 bits per heavy atom. The van der Waals surface area contributed by atoms with E-state index in [-0.39, 0.29) is 0 Å². The number of hydrogen-bond acceptors (Lipinski definition) is 4. The van der Waals surface area contributed by atoms with Crippen LogP contribution in [0.1, 0.15) is 23.6 Å². The molecule has 2 aromatic rings. The SMILES string of the molecule is C/C(=N\OCc1ccccc1)c1cccc(CN=C=O)c1. The molecule has 4 nitrogen and oxygen atoms in total. The van der Waals surface area contributed by atoms with Gasteiger partial charge in [0.1, 0.15) is 6.61 Å². The summed E-state index contributed by atoms with van der Waals surface area (Å²) in [7, 11) is 0. The van der Waals surface area contributed by atoms with Gasteiger partial charge in [0.05, 0.1) is 12.3 Å². The summed E-state index contributed by atoms with van der Waals surface area (Å²) in [6.07, 6.45) is 1.54. The van der Waals surface area contributed by atoms with Crippen molar-refractivity contribution in [1.82, 2.24) is 0 Å². The summed E-state index contributed by atoms with van der Waals surface area (Å²) in [4.78, 5) is 19.1. The van der Waals surface area contributed by atoms with E-state index in [0.29, 0.717) is 13.2 Å². The van der Waals surface area contributed by atoms with Gasteiger partial charge < -0.3 is 4.84 Å². The number of rotatable bonds is 6. The summed E-state index contributed by atoms with van der Waals surface area (Å²) in [6, 6.07) is 17.6. The lowest BCUT2D eigenvalue weighted by Gasteiger charge is -2.04. The second-order valence-electron chi connectivity index (χ2n) is 4.54. The van der Waals surface area contributed by atoms with Gasteiger partial charge in [-0.3, -0.25) is 0 Å². The van der Waals surface area contributed by atoms with Crippen LogP contribution < -0.4 is 0 Å². The van der Waals surface area contributed by atoms with Crippen LogP contribution in [0.3, 0.4) is 0 Å². The zero-order valence-electron chi connectivity index (χ0n) is 11.8. The van der Waals surface area contributed by atoms with E-state index >= 15 is 0 Å². The van der Waals surface area contributed by atoms with Crippen molar-refractivity contribution >= 4 is 11.8 Å². The van der Waals surface area contributed by atoms with E-state index < -0.39 is 0 Å². The topological polar surface area (TPSA) is 51.0 Å². The first kappa shape index (κ1) is 14.7. The highest BCUT2D eigenvalue weighted by Gasteiger charge is 2.00. The van der Waals surface area contributed by atoms with Crippen LogP contribution >= 0.6 is 0 Å². The molecule has 106 valence electrons. The summed E-state index contributed by atoms with van der Waals surface area (Å²) in [5.41, 5.74) is 3.74. The Kier molecular flexibility index (Phi) is 5.44. The Balaban J connectivity index is 2.00. The molecular formula is C17H16N2O2. The molecule has 2 rings (SSSR count). The molecule has 0 aliphatic carbocycles. The molecule has 0 saturated heterocycles. The van der Waals surface area contributed by atoms with Gasteiger partial charge in [-0.1, -0.05) is 53.7 Å². The van der Waals surface area contributed by atoms with Crippen molar-refractivity contribution in [2.45, 2.75) is 20.1 Å². The predicted octanol–water partition coefficient (Wildman–Crippen LogP) is 3.46. The Labute approximate surface area is 123 Å². The standard InChI is InChI=1S/C17H16N2O2/c1-14(19-21-12-15-6-3-2-4-7-15)17-9-5-8-16(10-17)11-18-13-20/h2-10H,11-12H2,1H3/b19-14+. The maximum Gasteiger partial charge on any atom is 0.235 e. The molecule has 0 N–H and O–H groups in total. The normalized spacial score (nSPS) is 10.8. The fraction of sp³-hybridized carbons (Fsp3) is 0.176. The second-order valence-corrected chi connectivity index (χ2v) is 4.54. The summed E-state index contributed by atoms with van der Waals surface area (Å²) in [5.74, 6) is 0. The summed E-state index contributed by atoms with van der Waals surface area (Å²) in [6.45, 7) is 2.65. The van der Waals surface area contributed by atoms with Gasteiger partial charge in [0, 0.05) is 0 Å². The van der Waals surface area contributed by atoms with E-state index in [1.54, 1.807) is 0 Å². The molecule has 21 heavy (non-hydrogen) atoms. The van der Waals surface area contributed by atoms with Crippen LogP contribution in [-0.4, -0.2) is 11.8 Å². The Hall–Kier alpha value is -2.71. The van der Waals surface area contributed by atoms with Crippen LogP contribution in [0.2, 0.25) is 0 Å². The van der Waals surface area contributed by atoms with E-state index in [4.69, 9.17) is 4.84 Å². The zero-order chi connectivity index (χ0) is 14.9. The molecule has 0 bridgehead atoms. The van der Waals surface area contributed by atoms with Crippen molar-refractivity contribution in [2.24, 2.45) is 10.1 Å². The van der Waals surface area contributed by atoms with E-state index in [2.05, 4.69) is 10.1 Å². The van der Waals surface area contributed by atoms with Crippen LogP contribution in [0.5, 0.6) is 0 Å². The lowest BCUT2D eigenvalue weighted by atomic mass is 10.1. The largest absolute Gasteiger partial charge is 0.391 e. The minimum Gasteiger partial charge on any atom is -0.391 e. The third kappa shape index (κ3) is 4.71. The molecule has 0 amide bonds. The number of hydrogen-bond donors (Lipinski definition) is 0. The van der Waals surface area contributed by atoms with Gasteiger partial charge >= 0.3 is 0 Å². The van der Waals surface area contributed by atoms with E-state index in [1.165, 1.54) is 6.08 Å². The Morgan fingerprint density at radius 2 is 1.86 bits per heavy atom. The number of aliphatic imine (C=N–C) groups is 1. The Bertz CT molecular complexity index is 660. The number of carbonyl (C=O) groups excluding carboxylic acids is 1. The minimum absolute atomic E-state index is 0.329. The lowest BCUT2D eigenvalue weighted by molar-refractivity contribution is 0.130. The van der Waals surface area contributed by atoms with Crippen LogP contribution in [0, 0.1) is 0 Å². The molecule has 0 spiro atoms. The highest BCUT2D eigenvalue weighted by atomic mass is 16.6. The third-order valence-electron chi connectivity index (χ3n) is 2.95. The van der Waals surface area contributed by atoms with Gasteiger partial charge in [-0.2, -0.15) is 0 Å². The molecule has 2 aromatic carbocycles. The van der Waals surface area contributed by atoms with Gasteiger partial charge in [-0.05, 0) is 29.7 Å². The average Bonchev–Trinajstić information content (AvgIpc) is 2.54. The predicted molar refractivity (Wildman–Crippen MR) is 81.7 cm³/mol. The quantitative estimate of drug-likeness (QED) is 0.462. The van der Waals surface area contributed by atoms with Gasteiger partial charge in [0.25, 0.3) is 0 Å². The molecule has 4 heteroatoms. The molecule has 0 fully saturated rings. The summed E-state index contributed by atoms with van der Waals surface area (Å²) < 4.78 is 0. The van der Waals surface area contributed by atoms with Crippen LogP contribution in [0.4, 0.5) is 0 Å². The molecule has 0 atom stereocenters. The first-order valence-corrected chi connectivity index (χ1v) is 6.63. The highest BCUT2D eigenvalue weighted by molar-refractivity contribution is 5.98. The van der Waals surface area contributed by atoms with Crippen LogP contribution in [-0.2, 0) is 22.8 Å². The van der Waals surface area contributed by atoms with Crippen LogP contribution in [0.15, 0.2) is 64.7 Å². The smallest absolute Gasteiger partial charge is 0.235 e. The van der Waals surface area contributed by atoms with Crippen molar-refractivity contribution in [3.8, 4) is 0 Å². The Morgan fingerprint density at radius 3 is 2.62 bits per heavy atom. The minimum atomic E-state index is 0.329. The van der Waals surface area contributed by atoms with Crippen molar-refractivity contribution in [2.75, 3.05) is 0 Å². The lowest BCUT2D eigenvalue weighted by Crippen LogP contribution is -1.98. The van der Waals surface area contributed by atoms with Gasteiger partial charge in [0.2, 0.25) is 6.08 Å². The highest BCUT2D eigenvalue weighted by Crippen LogP contribution is 2.09. The summed E-state index contributed by atoms with van der Waals surface area (Å²) in [5, 5.41) is 4.12. The van der Waals surface area contributed by atoms with Crippen molar-refractivity contribution in [3.05, 3.63) is 71.3 Å². The van der Waals surface area contributed by atoms with Gasteiger partial charge in [-0.25, -0.2) is 9.79 Å². The average molecular weight is 280 g/mol. The molecule has 0 aliphatic rings. The molecule has 0 radical (unpaired) electrons. The van der Waals surface area contributed by atoms with E-state index in [1.807, 2.05) is 61.5 Å². The monoisotopic (exact) mass is 280 g/mol. The fourth-order valence-corrected chi connectivity index (χ4v) is 1.85. The number of isocyanates is 1. The van der Waals surface area contributed by atoms with Gasteiger partial charge in [0.15, 0.2) is 0 Å². The molecule has 0 aromatic heterocycles. The van der Waals surface area contributed by atoms with E-state index in [9.17, 15) is 4.79 Å². The molecule has 0 aliphatic heterocycles. The maximum atomic E-state index is 10.1. The third-order valence-corrected chi connectivity index (χ3v) is 2.95. The number of benzene rings is 2. The molecule has 0 unspecified atom stereocenters. The van der Waals surface area contributed by atoms with Crippen LogP contribution in [0.25, 0.3) is 0 Å². The van der Waals surface area contributed by atoms with Crippen molar-refractivity contribution < 1.29 is 9.63 Å². The zero-order valence-corrected chi connectivity index (χ0v) is 11.8. The van der Waals surface area contributed by atoms with Crippen molar-refractivity contribution in [3.63, 3.8) is 0 Å². The first-order valence-electron chi connectivity index (χ1n) is 6.63. The van der Waals surface area contributed by atoms with Gasteiger partial charge in [-0.15, -0.1) is 0 Å². The maximum absolute atomic E-state index is 10.1. The summed E-state index contributed by atoms with van der Waals surface area (Å²) >= 11 is 0. The number of oxime groups is 1. The molecule has 0 saturated carbocycles. The molecular weight excluding hydrogens is 264 g/mol. The first-order chi connectivity index (χ1) is 10.3. The van der Waals surface area contributed by atoms with E-state index in [0.717, 1.165) is 22.4 Å². The number of nitrogens with zero attached hydrogens (tertiary/aromatic N) is 2. The van der Waals surface area contributed by atoms with Crippen molar-refractivity contribution in [1.29, 1.82) is 0 Å². The molecule has 0 heterocycles. The fourth-order valence-electron chi connectivity index (χ4n) is 1.85. The second kappa shape index (κ2) is 7.78.